The predicted molar refractivity (Wildman–Crippen MR) is 82.3 cm³/mol. The smallest absolute Gasteiger partial charge is 0.303 e. The van der Waals surface area contributed by atoms with Crippen LogP contribution >= 0.6 is 0 Å². The standard InChI is InChI=1S/C15H30N2O4/c1-15(2,12-14(19)20)11-13(18)17(9-10-21-5)8-6-7-16(3)4/h6-12H2,1-5H3,(H,19,20). The van der Waals surface area contributed by atoms with Crippen LogP contribution in [0.15, 0.2) is 0 Å². The highest BCUT2D eigenvalue weighted by Crippen LogP contribution is 2.26. The van der Waals surface area contributed by atoms with Gasteiger partial charge in [-0.25, -0.2) is 0 Å². The number of rotatable bonds is 11. The number of aliphatic carboxylic acids is 1. The van der Waals surface area contributed by atoms with Crippen molar-refractivity contribution >= 4 is 11.9 Å². The number of amides is 1. The zero-order chi connectivity index (χ0) is 16.5. The summed E-state index contributed by atoms with van der Waals surface area (Å²) in [5, 5.41) is 8.89. The van der Waals surface area contributed by atoms with Gasteiger partial charge in [0.05, 0.1) is 13.0 Å². The molecule has 0 unspecified atom stereocenters. The van der Waals surface area contributed by atoms with Crippen LogP contribution in [0.2, 0.25) is 0 Å². The fraction of sp³-hybridized carbons (Fsp3) is 0.867. The van der Waals surface area contributed by atoms with E-state index < -0.39 is 11.4 Å². The lowest BCUT2D eigenvalue weighted by Gasteiger charge is -2.28. The number of carbonyl (C=O) groups is 2. The van der Waals surface area contributed by atoms with Crippen molar-refractivity contribution in [2.45, 2.75) is 33.1 Å². The third-order valence-electron chi connectivity index (χ3n) is 3.21. The quantitative estimate of drug-likeness (QED) is 0.623. The number of methoxy groups -OCH3 is 1. The fourth-order valence-electron chi connectivity index (χ4n) is 2.13. The average Bonchev–Trinajstić information content (AvgIpc) is 2.30. The van der Waals surface area contributed by atoms with Crippen LogP contribution in [0.5, 0.6) is 0 Å². The Labute approximate surface area is 128 Å². The molecule has 0 aliphatic heterocycles. The molecule has 0 aromatic heterocycles. The maximum atomic E-state index is 12.4. The summed E-state index contributed by atoms with van der Waals surface area (Å²) >= 11 is 0. The summed E-state index contributed by atoms with van der Waals surface area (Å²) in [6, 6.07) is 0. The molecular weight excluding hydrogens is 272 g/mol. The zero-order valence-electron chi connectivity index (χ0n) is 14.0. The highest BCUT2D eigenvalue weighted by molar-refractivity contribution is 5.78. The number of carboxylic acid groups (broad SMARTS) is 1. The first-order valence-electron chi connectivity index (χ1n) is 7.31. The number of carboxylic acids is 1. The SMILES string of the molecule is COCCN(CCCN(C)C)C(=O)CC(C)(C)CC(=O)O. The molecule has 0 fully saturated rings. The molecular formula is C15H30N2O4. The van der Waals surface area contributed by atoms with Gasteiger partial charge in [-0.2, -0.15) is 0 Å². The average molecular weight is 302 g/mol. The Morgan fingerprint density at radius 3 is 2.19 bits per heavy atom. The van der Waals surface area contributed by atoms with Gasteiger partial charge < -0.3 is 19.6 Å². The van der Waals surface area contributed by atoms with E-state index in [1.54, 1.807) is 12.0 Å². The van der Waals surface area contributed by atoms with Gasteiger partial charge in [0.1, 0.15) is 0 Å². The fourth-order valence-corrected chi connectivity index (χ4v) is 2.13. The van der Waals surface area contributed by atoms with Crippen molar-refractivity contribution in [3.05, 3.63) is 0 Å². The molecule has 0 spiro atoms. The first kappa shape index (κ1) is 19.9. The van der Waals surface area contributed by atoms with Crippen molar-refractivity contribution in [1.82, 2.24) is 9.80 Å². The molecule has 21 heavy (non-hydrogen) atoms. The summed E-state index contributed by atoms with van der Waals surface area (Å²) < 4.78 is 5.05. The first-order valence-corrected chi connectivity index (χ1v) is 7.31. The highest BCUT2D eigenvalue weighted by Gasteiger charge is 2.27. The van der Waals surface area contributed by atoms with Gasteiger partial charge >= 0.3 is 5.97 Å². The number of hydrogen-bond donors (Lipinski definition) is 1. The van der Waals surface area contributed by atoms with Crippen molar-refractivity contribution in [2.24, 2.45) is 5.41 Å². The van der Waals surface area contributed by atoms with E-state index in [4.69, 9.17) is 9.84 Å². The van der Waals surface area contributed by atoms with E-state index in [1.807, 2.05) is 27.9 Å². The van der Waals surface area contributed by atoms with Crippen LogP contribution in [-0.2, 0) is 14.3 Å². The molecule has 0 rings (SSSR count). The second kappa shape index (κ2) is 9.73. The summed E-state index contributed by atoms with van der Waals surface area (Å²) in [6.45, 7) is 6.25. The van der Waals surface area contributed by atoms with Crippen molar-refractivity contribution < 1.29 is 19.4 Å². The van der Waals surface area contributed by atoms with Gasteiger partial charge in [0.15, 0.2) is 0 Å². The van der Waals surface area contributed by atoms with Gasteiger partial charge in [0, 0.05) is 26.6 Å². The molecule has 0 aliphatic rings. The number of carbonyl (C=O) groups excluding carboxylic acids is 1. The van der Waals surface area contributed by atoms with E-state index in [-0.39, 0.29) is 18.7 Å². The highest BCUT2D eigenvalue weighted by atomic mass is 16.5. The van der Waals surface area contributed by atoms with Gasteiger partial charge in [-0.3, -0.25) is 9.59 Å². The molecule has 1 amide bonds. The Kier molecular flexibility index (Phi) is 9.21. The molecule has 0 aromatic rings. The molecule has 0 saturated carbocycles. The molecule has 0 aromatic carbocycles. The third kappa shape index (κ3) is 10.3. The molecule has 1 N–H and O–H groups in total. The van der Waals surface area contributed by atoms with Crippen LogP contribution in [0, 0.1) is 5.41 Å². The predicted octanol–water partition coefficient (Wildman–Crippen LogP) is 1.30. The monoisotopic (exact) mass is 302 g/mol. The van der Waals surface area contributed by atoms with Crippen LogP contribution < -0.4 is 0 Å². The van der Waals surface area contributed by atoms with Crippen LogP contribution in [-0.4, -0.2) is 74.2 Å². The van der Waals surface area contributed by atoms with E-state index in [1.165, 1.54) is 0 Å². The van der Waals surface area contributed by atoms with Gasteiger partial charge in [-0.1, -0.05) is 13.8 Å². The summed E-state index contributed by atoms with van der Waals surface area (Å²) in [5.41, 5.74) is -0.532. The lowest BCUT2D eigenvalue weighted by Crippen LogP contribution is -2.38. The zero-order valence-corrected chi connectivity index (χ0v) is 14.0. The van der Waals surface area contributed by atoms with E-state index >= 15 is 0 Å². The Morgan fingerprint density at radius 2 is 1.71 bits per heavy atom. The topological polar surface area (TPSA) is 70.1 Å². The molecule has 0 aliphatic carbocycles. The van der Waals surface area contributed by atoms with Crippen LogP contribution in [0.1, 0.15) is 33.1 Å². The summed E-state index contributed by atoms with van der Waals surface area (Å²) in [7, 11) is 5.60. The van der Waals surface area contributed by atoms with E-state index in [9.17, 15) is 9.59 Å². The normalized spacial score (nSPS) is 11.7. The maximum Gasteiger partial charge on any atom is 0.303 e. The molecule has 0 atom stereocenters. The van der Waals surface area contributed by atoms with Gasteiger partial charge in [-0.15, -0.1) is 0 Å². The van der Waals surface area contributed by atoms with Gasteiger partial charge in [0.2, 0.25) is 5.91 Å². The molecule has 6 heteroatoms. The second-order valence-electron chi connectivity index (χ2n) is 6.44. The van der Waals surface area contributed by atoms with Crippen molar-refractivity contribution in [3.8, 4) is 0 Å². The molecule has 0 bridgehead atoms. The van der Waals surface area contributed by atoms with Gasteiger partial charge in [0.25, 0.3) is 0 Å². The third-order valence-corrected chi connectivity index (χ3v) is 3.21. The second-order valence-corrected chi connectivity index (χ2v) is 6.44. The molecule has 0 radical (unpaired) electrons. The molecule has 0 saturated heterocycles. The summed E-state index contributed by atoms with van der Waals surface area (Å²) in [6.07, 6.45) is 1.13. The Hall–Kier alpha value is -1.14. The Morgan fingerprint density at radius 1 is 1.10 bits per heavy atom. The summed E-state index contributed by atoms with van der Waals surface area (Å²) in [4.78, 5) is 27.1. The first-order chi connectivity index (χ1) is 9.68. The number of nitrogens with zero attached hydrogens (tertiary/aromatic N) is 2. The van der Waals surface area contributed by atoms with E-state index in [0.29, 0.717) is 19.7 Å². The van der Waals surface area contributed by atoms with Crippen molar-refractivity contribution in [3.63, 3.8) is 0 Å². The summed E-state index contributed by atoms with van der Waals surface area (Å²) in [5.74, 6) is -0.874. The minimum Gasteiger partial charge on any atom is -0.481 e. The Balaban J connectivity index is 4.51. The maximum absolute atomic E-state index is 12.4. The molecule has 6 nitrogen and oxygen atoms in total. The lowest BCUT2D eigenvalue weighted by molar-refractivity contribution is -0.140. The number of hydrogen-bond acceptors (Lipinski definition) is 4. The number of ether oxygens (including phenoxy) is 1. The van der Waals surface area contributed by atoms with Crippen LogP contribution in [0.4, 0.5) is 0 Å². The van der Waals surface area contributed by atoms with Crippen molar-refractivity contribution in [1.29, 1.82) is 0 Å². The van der Waals surface area contributed by atoms with E-state index in [0.717, 1.165) is 13.0 Å². The van der Waals surface area contributed by atoms with Crippen molar-refractivity contribution in [2.75, 3.05) is 47.4 Å². The van der Waals surface area contributed by atoms with Crippen LogP contribution in [0.25, 0.3) is 0 Å². The Bertz CT molecular complexity index is 330. The largest absolute Gasteiger partial charge is 0.481 e. The molecule has 124 valence electrons. The molecule has 0 heterocycles. The van der Waals surface area contributed by atoms with Crippen LogP contribution in [0.3, 0.4) is 0 Å². The lowest BCUT2D eigenvalue weighted by atomic mass is 9.85. The minimum atomic E-state index is -0.871. The van der Waals surface area contributed by atoms with Gasteiger partial charge in [-0.05, 0) is 32.5 Å². The van der Waals surface area contributed by atoms with E-state index in [2.05, 4.69) is 4.90 Å². The minimum absolute atomic E-state index is 0.00273.